The molecule has 2 bridgehead atoms. The maximum Gasteiger partial charge on any atom is 0.0508 e. The zero-order valence-corrected chi connectivity index (χ0v) is 8.26. The Bertz CT molecular complexity index is 135. The molecule has 2 aliphatic rings. The van der Waals surface area contributed by atoms with Gasteiger partial charge in [-0.2, -0.15) is 0 Å². The standard InChI is InChI=1S/C9H20N4/c1-2-11-4-6-13-8-7-12(9-13)5-3-10-1/h10-11H,1-9H2. The van der Waals surface area contributed by atoms with Crippen LogP contribution in [0.4, 0.5) is 0 Å². The first-order chi connectivity index (χ1) is 6.45. The quantitative estimate of drug-likeness (QED) is 0.493. The monoisotopic (exact) mass is 184 g/mol. The second-order valence-electron chi connectivity index (χ2n) is 3.88. The van der Waals surface area contributed by atoms with Crippen LogP contribution in [0.2, 0.25) is 0 Å². The Morgan fingerprint density at radius 3 is 1.69 bits per heavy atom. The fourth-order valence-electron chi connectivity index (χ4n) is 1.97. The summed E-state index contributed by atoms with van der Waals surface area (Å²) in [5, 5.41) is 6.89. The lowest BCUT2D eigenvalue weighted by Gasteiger charge is -2.16. The Labute approximate surface area is 80.3 Å². The van der Waals surface area contributed by atoms with E-state index in [0.717, 1.165) is 26.2 Å². The highest BCUT2D eigenvalue weighted by Gasteiger charge is 2.18. The number of hydrogen-bond donors (Lipinski definition) is 2. The van der Waals surface area contributed by atoms with Crippen LogP contribution >= 0.6 is 0 Å². The van der Waals surface area contributed by atoms with Crippen molar-refractivity contribution in [3.8, 4) is 0 Å². The summed E-state index contributed by atoms with van der Waals surface area (Å²) in [5.41, 5.74) is 0. The molecule has 0 radical (unpaired) electrons. The van der Waals surface area contributed by atoms with E-state index in [1.807, 2.05) is 0 Å². The summed E-state index contributed by atoms with van der Waals surface area (Å²) in [4.78, 5) is 5.05. The SMILES string of the molecule is C1CNCCN2CCN(CCN1)C2. The third-order valence-corrected chi connectivity index (χ3v) is 2.82. The van der Waals surface area contributed by atoms with Crippen LogP contribution in [-0.4, -0.2) is 68.8 Å². The van der Waals surface area contributed by atoms with Gasteiger partial charge < -0.3 is 10.6 Å². The second-order valence-corrected chi connectivity index (χ2v) is 3.88. The number of fused-ring (bicyclic) bond motifs is 2. The van der Waals surface area contributed by atoms with Gasteiger partial charge in [0.2, 0.25) is 0 Å². The van der Waals surface area contributed by atoms with Crippen LogP contribution in [0.3, 0.4) is 0 Å². The molecule has 0 spiro atoms. The summed E-state index contributed by atoms with van der Waals surface area (Å²) < 4.78 is 0. The molecular formula is C9H20N4. The Morgan fingerprint density at radius 1 is 0.615 bits per heavy atom. The number of hydrogen-bond acceptors (Lipinski definition) is 4. The maximum absolute atomic E-state index is 3.44. The maximum atomic E-state index is 3.44. The summed E-state index contributed by atoms with van der Waals surface area (Å²) >= 11 is 0. The van der Waals surface area contributed by atoms with Crippen molar-refractivity contribution >= 4 is 0 Å². The van der Waals surface area contributed by atoms with Crippen molar-refractivity contribution < 1.29 is 0 Å². The van der Waals surface area contributed by atoms with Crippen molar-refractivity contribution in [3.63, 3.8) is 0 Å². The van der Waals surface area contributed by atoms with Crippen LogP contribution in [0, 0.1) is 0 Å². The zero-order valence-electron chi connectivity index (χ0n) is 8.26. The molecule has 2 atom stereocenters. The van der Waals surface area contributed by atoms with Gasteiger partial charge in [-0.25, -0.2) is 0 Å². The molecule has 2 heterocycles. The predicted octanol–water partition coefficient (Wildman–Crippen LogP) is -1.25. The number of nitrogens with one attached hydrogen (secondary N) is 2. The first-order valence-corrected chi connectivity index (χ1v) is 5.31. The molecule has 2 unspecified atom stereocenters. The molecule has 0 saturated carbocycles. The van der Waals surface area contributed by atoms with Crippen molar-refractivity contribution in [2.24, 2.45) is 0 Å². The van der Waals surface area contributed by atoms with Crippen LogP contribution in [0.1, 0.15) is 0 Å². The van der Waals surface area contributed by atoms with Gasteiger partial charge in [0.25, 0.3) is 0 Å². The molecule has 76 valence electrons. The molecule has 2 rings (SSSR count). The normalized spacial score (nSPS) is 36.9. The van der Waals surface area contributed by atoms with Crippen molar-refractivity contribution in [2.45, 2.75) is 0 Å². The Hall–Kier alpha value is -0.160. The lowest BCUT2D eigenvalue weighted by atomic mass is 10.4. The van der Waals surface area contributed by atoms with E-state index >= 15 is 0 Å². The highest BCUT2D eigenvalue weighted by Crippen LogP contribution is 2.02. The fraction of sp³-hybridized carbons (Fsp3) is 1.00. The van der Waals surface area contributed by atoms with Crippen LogP contribution < -0.4 is 10.6 Å². The van der Waals surface area contributed by atoms with Gasteiger partial charge in [-0.05, 0) is 0 Å². The zero-order chi connectivity index (χ0) is 8.93. The minimum atomic E-state index is 1.10. The third-order valence-electron chi connectivity index (χ3n) is 2.82. The molecular weight excluding hydrogens is 164 g/mol. The highest BCUT2D eigenvalue weighted by atomic mass is 15.4. The predicted molar refractivity (Wildman–Crippen MR) is 53.8 cm³/mol. The smallest absolute Gasteiger partial charge is 0.0508 e. The highest BCUT2D eigenvalue weighted by molar-refractivity contribution is 4.73. The van der Waals surface area contributed by atoms with E-state index in [-0.39, 0.29) is 0 Å². The van der Waals surface area contributed by atoms with Crippen molar-refractivity contribution in [1.82, 2.24) is 20.4 Å². The van der Waals surface area contributed by atoms with E-state index in [4.69, 9.17) is 0 Å². The molecule has 13 heavy (non-hydrogen) atoms. The average Bonchev–Trinajstić information content (AvgIpc) is 2.52. The van der Waals surface area contributed by atoms with E-state index in [1.54, 1.807) is 0 Å². The van der Waals surface area contributed by atoms with Crippen molar-refractivity contribution in [1.29, 1.82) is 0 Å². The van der Waals surface area contributed by atoms with Crippen LogP contribution in [0.5, 0.6) is 0 Å². The average molecular weight is 184 g/mol. The lowest BCUT2D eigenvalue weighted by molar-refractivity contribution is 0.250. The topological polar surface area (TPSA) is 30.5 Å². The molecule has 4 nitrogen and oxygen atoms in total. The van der Waals surface area contributed by atoms with E-state index in [0.29, 0.717) is 0 Å². The first-order valence-electron chi connectivity index (χ1n) is 5.31. The molecule has 0 aliphatic carbocycles. The lowest BCUT2D eigenvalue weighted by Crippen LogP contribution is -2.34. The van der Waals surface area contributed by atoms with E-state index in [2.05, 4.69) is 20.4 Å². The Balaban J connectivity index is 1.79. The molecule has 0 aromatic heterocycles. The largest absolute Gasteiger partial charge is 0.314 e. The minimum absolute atomic E-state index is 1.10. The number of rotatable bonds is 0. The molecule has 2 saturated heterocycles. The van der Waals surface area contributed by atoms with Gasteiger partial charge in [-0.3, -0.25) is 9.80 Å². The third kappa shape index (κ3) is 2.91. The van der Waals surface area contributed by atoms with Gasteiger partial charge in [-0.15, -0.1) is 0 Å². The number of nitrogens with zero attached hydrogens (tertiary/aromatic N) is 2. The van der Waals surface area contributed by atoms with Gasteiger partial charge in [0.1, 0.15) is 0 Å². The molecule has 2 N–H and O–H groups in total. The molecule has 4 heteroatoms. The van der Waals surface area contributed by atoms with E-state index in [9.17, 15) is 0 Å². The van der Waals surface area contributed by atoms with Crippen molar-refractivity contribution in [2.75, 3.05) is 59.0 Å². The Morgan fingerprint density at radius 2 is 1.15 bits per heavy atom. The molecule has 0 amide bonds. The van der Waals surface area contributed by atoms with Gasteiger partial charge in [0.15, 0.2) is 0 Å². The molecule has 2 fully saturated rings. The first kappa shape index (κ1) is 9.40. The molecule has 2 aliphatic heterocycles. The summed E-state index contributed by atoms with van der Waals surface area (Å²) in [6.45, 7) is 10.6. The summed E-state index contributed by atoms with van der Waals surface area (Å²) in [6, 6.07) is 0. The van der Waals surface area contributed by atoms with Gasteiger partial charge in [0, 0.05) is 52.4 Å². The molecule has 0 aromatic rings. The second kappa shape index (κ2) is 4.91. The van der Waals surface area contributed by atoms with Gasteiger partial charge in [-0.1, -0.05) is 0 Å². The van der Waals surface area contributed by atoms with Crippen LogP contribution in [-0.2, 0) is 0 Å². The van der Waals surface area contributed by atoms with Crippen LogP contribution in [0.25, 0.3) is 0 Å². The summed E-state index contributed by atoms with van der Waals surface area (Å²) in [5.74, 6) is 0. The van der Waals surface area contributed by atoms with Gasteiger partial charge >= 0.3 is 0 Å². The Kier molecular flexibility index (Phi) is 3.55. The fourth-order valence-corrected chi connectivity index (χ4v) is 1.97. The van der Waals surface area contributed by atoms with Crippen LogP contribution in [0.15, 0.2) is 0 Å². The summed E-state index contributed by atoms with van der Waals surface area (Å²) in [7, 11) is 0. The minimum Gasteiger partial charge on any atom is -0.314 e. The van der Waals surface area contributed by atoms with Gasteiger partial charge in [0.05, 0.1) is 6.67 Å². The molecule has 0 aromatic carbocycles. The summed E-state index contributed by atoms with van der Waals surface area (Å²) in [6.07, 6.45) is 0. The van der Waals surface area contributed by atoms with E-state index in [1.165, 1.54) is 32.8 Å². The van der Waals surface area contributed by atoms with Crippen molar-refractivity contribution in [3.05, 3.63) is 0 Å². The van der Waals surface area contributed by atoms with E-state index < -0.39 is 0 Å².